The monoisotopic (exact) mass is 214 g/mol. The molecule has 2 aromatic rings. The number of primary amides is 1. The van der Waals surface area contributed by atoms with E-state index < -0.39 is 5.91 Å². The average molecular weight is 214 g/mol. The van der Waals surface area contributed by atoms with Crippen molar-refractivity contribution in [3.05, 3.63) is 42.2 Å². The summed E-state index contributed by atoms with van der Waals surface area (Å²) in [6.07, 6.45) is 3.06. The second-order valence-corrected chi connectivity index (χ2v) is 3.27. The number of rotatable bonds is 2. The minimum absolute atomic E-state index is 0.373. The lowest BCUT2D eigenvalue weighted by Crippen LogP contribution is -2.10. The van der Waals surface area contributed by atoms with Gasteiger partial charge in [0.1, 0.15) is 5.82 Å². The predicted molar refractivity (Wildman–Crippen MR) is 60.4 cm³/mol. The highest BCUT2D eigenvalue weighted by atomic mass is 16.1. The maximum absolute atomic E-state index is 10.9. The highest BCUT2D eigenvalue weighted by Crippen LogP contribution is 2.16. The Bertz CT molecular complexity index is 505. The molecule has 1 aromatic heterocycles. The van der Waals surface area contributed by atoms with Crippen LogP contribution < -0.4 is 11.5 Å². The number of aromatic nitrogens is 2. The number of amides is 1. The summed E-state index contributed by atoms with van der Waals surface area (Å²) in [7, 11) is 0. The third-order valence-electron chi connectivity index (χ3n) is 2.14. The van der Waals surface area contributed by atoms with Crippen LogP contribution in [-0.4, -0.2) is 15.9 Å². The molecule has 0 unspecified atom stereocenters. The fourth-order valence-corrected chi connectivity index (χ4v) is 1.29. The van der Waals surface area contributed by atoms with Crippen LogP contribution in [0.3, 0.4) is 0 Å². The number of benzene rings is 1. The van der Waals surface area contributed by atoms with Gasteiger partial charge in [-0.05, 0) is 12.1 Å². The van der Waals surface area contributed by atoms with E-state index in [-0.39, 0.29) is 0 Å². The molecule has 80 valence electrons. The molecule has 0 atom stereocenters. The van der Waals surface area contributed by atoms with Gasteiger partial charge in [0, 0.05) is 11.1 Å². The van der Waals surface area contributed by atoms with Crippen molar-refractivity contribution < 1.29 is 4.79 Å². The van der Waals surface area contributed by atoms with Crippen molar-refractivity contribution in [2.45, 2.75) is 0 Å². The molecule has 0 spiro atoms. The van der Waals surface area contributed by atoms with Gasteiger partial charge in [0.05, 0.1) is 18.1 Å². The van der Waals surface area contributed by atoms with Gasteiger partial charge in [-0.15, -0.1) is 0 Å². The van der Waals surface area contributed by atoms with Crippen molar-refractivity contribution in [1.82, 2.24) is 9.97 Å². The van der Waals surface area contributed by atoms with Crippen molar-refractivity contribution in [3.63, 3.8) is 0 Å². The van der Waals surface area contributed by atoms with E-state index in [1.54, 1.807) is 30.5 Å². The molecule has 2 rings (SSSR count). The summed E-state index contributed by atoms with van der Waals surface area (Å²) in [5.41, 5.74) is 12.6. The van der Waals surface area contributed by atoms with E-state index >= 15 is 0 Å². The number of carbonyl (C=O) groups excluding carboxylic acids is 1. The Labute approximate surface area is 92.1 Å². The number of hydrogen-bond acceptors (Lipinski definition) is 4. The Balaban J connectivity index is 2.34. The molecule has 0 bridgehead atoms. The first kappa shape index (κ1) is 10.1. The molecule has 4 N–H and O–H groups in total. The summed E-state index contributed by atoms with van der Waals surface area (Å²) in [6.45, 7) is 0. The van der Waals surface area contributed by atoms with Gasteiger partial charge in [-0.2, -0.15) is 0 Å². The topological polar surface area (TPSA) is 94.9 Å². The first-order chi connectivity index (χ1) is 7.66. The lowest BCUT2D eigenvalue weighted by atomic mass is 10.1. The van der Waals surface area contributed by atoms with Crippen LogP contribution in [0.15, 0.2) is 36.7 Å². The predicted octanol–water partition coefficient (Wildman–Crippen LogP) is 0.825. The molecule has 0 aliphatic carbocycles. The second kappa shape index (κ2) is 3.98. The molecular weight excluding hydrogens is 204 g/mol. The van der Waals surface area contributed by atoms with Crippen molar-refractivity contribution in [3.8, 4) is 11.3 Å². The van der Waals surface area contributed by atoms with Gasteiger partial charge in [-0.25, -0.2) is 4.98 Å². The number of carbonyl (C=O) groups is 1. The van der Waals surface area contributed by atoms with Crippen LogP contribution in [0.1, 0.15) is 10.4 Å². The summed E-state index contributed by atoms with van der Waals surface area (Å²) in [4.78, 5) is 18.9. The number of nitrogens with two attached hydrogens (primary N) is 2. The van der Waals surface area contributed by atoms with Crippen LogP contribution in [0.5, 0.6) is 0 Å². The quantitative estimate of drug-likeness (QED) is 0.773. The van der Waals surface area contributed by atoms with E-state index in [9.17, 15) is 4.79 Å². The molecule has 1 heterocycles. The molecule has 0 aliphatic rings. The van der Waals surface area contributed by atoms with Crippen molar-refractivity contribution in [1.29, 1.82) is 0 Å². The molecule has 0 saturated carbocycles. The van der Waals surface area contributed by atoms with Crippen molar-refractivity contribution in [2.75, 3.05) is 5.73 Å². The molecule has 5 heteroatoms. The first-order valence-electron chi connectivity index (χ1n) is 4.64. The Kier molecular flexibility index (Phi) is 2.51. The van der Waals surface area contributed by atoms with Crippen LogP contribution >= 0.6 is 0 Å². The van der Waals surface area contributed by atoms with Crippen LogP contribution in [-0.2, 0) is 0 Å². The van der Waals surface area contributed by atoms with Gasteiger partial charge in [0.15, 0.2) is 0 Å². The molecule has 0 saturated heterocycles. The zero-order valence-electron chi connectivity index (χ0n) is 8.42. The van der Waals surface area contributed by atoms with E-state index in [0.29, 0.717) is 17.1 Å². The fraction of sp³-hybridized carbons (Fsp3) is 0. The van der Waals surface area contributed by atoms with Crippen LogP contribution in [0, 0.1) is 0 Å². The molecule has 16 heavy (non-hydrogen) atoms. The molecule has 0 fully saturated rings. The third-order valence-corrected chi connectivity index (χ3v) is 2.14. The molecule has 0 aliphatic heterocycles. The minimum atomic E-state index is -0.449. The number of anilines is 1. The summed E-state index contributed by atoms with van der Waals surface area (Å²) in [5.74, 6) is -0.0764. The highest BCUT2D eigenvalue weighted by molar-refractivity contribution is 5.93. The lowest BCUT2D eigenvalue weighted by Gasteiger charge is -2.01. The standard InChI is InChI=1S/C11H10N4O/c12-10-6-14-9(5-15-10)7-1-3-8(4-2-7)11(13)16/h1-6H,(H2,12,15)(H2,13,16). The summed E-state index contributed by atoms with van der Waals surface area (Å²) >= 11 is 0. The van der Waals surface area contributed by atoms with Gasteiger partial charge < -0.3 is 11.5 Å². The molecule has 1 amide bonds. The van der Waals surface area contributed by atoms with Gasteiger partial charge in [-0.3, -0.25) is 9.78 Å². The Morgan fingerprint density at radius 2 is 1.75 bits per heavy atom. The van der Waals surface area contributed by atoms with Crippen molar-refractivity contribution >= 4 is 11.7 Å². The summed E-state index contributed by atoms with van der Waals surface area (Å²) < 4.78 is 0. The minimum Gasteiger partial charge on any atom is -0.382 e. The Morgan fingerprint density at radius 3 is 2.25 bits per heavy atom. The lowest BCUT2D eigenvalue weighted by molar-refractivity contribution is 0.100. The third kappa shape index (κ3) is 1.98. The molecule has 1 aromatic carbocycles. The summed E-state index contributed by atoms with van der Waals surface area (Å²) in [6, 6.07) is 6.83. The molecule has 5 nitrogen and oxygen atoms in total. The van der Waals surface area contributed by atoms with Gasteiger partial charge in [0.25, 0.3) is 0 Å². The largest absolute Gasteiger partial charge is 0.382 e. The number of hydrogen-bond donors (Lipinski definition) is 2. The maximum atomic E-state index is 10.9. The second-order valence-electron chi connectivity index (χ2n) is 3.27. The zero-order chi connectivity index (χ0) is 11.5. The normalized spacial score (nSPS) is 10.0. The Hall–Kier alpha value is -2.43. The Morgan fingerprint density at radius 1 is 1.06 bits per heavy atom. The van der Waals surface area contributed by atoms with Crippen LogP contribution in [0.2, 0.25) is 0 Å². The van der Waals surface area contributed by atoms with Crippen LogP contribution in [0.25, 0.3) is 11.3 Å². The fourth-order valence-electron chi connectivity index (χ4n) is 1.29. The van der Waals surface area contributed by atoms with Gasteiger partial charge in [-0.1, -0.05) is 12.1 Å². The highest BCUT2D eigenvalue weighted by Gasteiger charge is 2.02. The zero-order valence-corrected chi connectivity index (χ0v) is 8.42. The smallest absolute Gasteiger partial charge is 0.248 e. The van der Waals surface area contributed by atoms with E-state index in [1.807, 2.05) is 0 Å². The van der Waals surface area contributed by atoms with Gasteiger partial charge >= 0.3 is 0 Å². The average Bonchev–Trinajstić information content (AvgIpc) is 2.30. The first-order valence-corrected chi connectivity index (χ1v) is 4.64. The van der Waals surface area contributed by atoms with E-state index in [0.717, 1.165) is 5.56 Å². The van der Waals surface area contributed by atoms with Crippen molar-refractivity contribution in [2.24, 2.45) is 5.73 Å². The molecule has 0 radical (unpaired) electrons. The molecular formula is C11H10N4O. The number of nitrogens with zero attached hydrogens (tertiary/aromatic N) is 2. The van der Waals surface area contributed by atoms with Crippen LogP contribution in [0.4, 0.5) is 5.82 Å². The maximum Gasteiger partial charge on any atom is 0.248 e. The SMILES string of the molecule is NC(=O)c1ccc(-c2cnc(N)cn2)cc1. The number of nitrogen functional groups attached to an aromatic ring is 1. The van der Waals surface area contributed by atoms with E-state index in [1.165, 1.54) is 6.20 Å². The summed E-state index contributed by atoms with van der Waals surface area (Å²) in [5, 5.41) is 0. The van der Waals surface area contributed by atoms with E-state index in [2.05, 4.69) is 9.97 Å². The van der Waals surface area contributed by atoms with E-state index in [4.69, 9.17) is 11.5 Å². The van der Waals surface area contributed by atoms with Gasteiger partial charge in [0.2, 0.25) is 5.91 Å².